The molecule has 1 aliphatic rings. The lowest BCUT2D eigenvalue weighted by atomic mass is 9.88. The topological polar surface area (TPSA) is 0 Å². The highest BCUT2D eigenvalue weighted by molar-refractivity contribution is 5.45. The standard InChI is InChI=1S/C13H18/c1-9(2)12(5)13-8-10(3)6-7-11(13)4/h6-8,11H,1H2,2-5H3/b13-12+. The molecule has 1 unspecified atom stereocenters. The van der Waals surface area contributed by atoms with Gasteiger partial charge in [0.2, 0.25) is 0 Å². The molecule has 0 aromatic heterocycles. The molecule has 13 heavy (non-hydrogen) atoms. The van der Waals surface area contributed by atoms with Crippen LogP contribution in [0.25, 0.3) is 0 Å². The van der Waals surface area contributed by atoms with Crippen LogP contribution in [-0.2, 0) is 0 Å². The van der Waals surface area contributed by atoms with Gasteiger partial charge in [-0.25, -0.2) is 0 Å². The van der Waals surface area contributed by atoms with Gasteiger partial charge in [-0.1, -0.05) is 42.9 Å². The van der Waals surface area contributed by atoms with Gasteiger partial charge in [-0.3, -0.25) is 0 Å². The molecule has 0 radical (unpaired) electrons. The Hall–Kier alpha value is -1.04. The summed E-state index contributed by atoms with van der Waals surface area (Å²) >= 11 is 0. The van der Waals surface area contributed by atoms with Crippen LogP contribution in [0.1, 0.15) is 27.7 Å². The van der Waals surface area contributed by atoms with Crippen molar-refractivity contribution in [3.63, 3.8) is 0 Å². The van der Waals surface area contributed by atoms with Crippen molar-refractivity contribution in [3.05, 3.63) is 47.1 Å². The van der Waals surface area contributed by atoms with E-state index in [0.717, 1.165) is 0 Å². The molecular formula is C13H18. The predicted molar refractivity (Wildman–Crippen MR) is 59.6 cm³/mol. The van der Waals surface area contributed by atoms with Crippen LogP contribution in [0, 0.1) is 5.92 Å². The third kappa shape index (κ3) is 2.21. The second kappa shape index (κ2) is 3.78. The van der Waals surface area contributed by atoms with E-state index in [0.29, 0.717) is 5.92 Å². The van der Waals surface area contributed by atoms with Crippen molar-refractivity contribution in [2.75, 3.05) is 0 Å². The van der Waals surface area contributed by atoms with E-state index < -0.39 is 0 Å². The van der Waals surface area contributed by atoms with Crippen LogP contribution in [0.4, 0.5) is 0 Å². The maximum Gasteiger partial charge on any atom is -0.000441 e. The Bertz CT molecular complexity index is 311. The van der Waals surface area contributed by atoms with Crippen molar-refractivity contribution in [2.24, 2.45) is 5.92 Å². The zero-order valence-electron chi connectivity index (χ0n) is 9.02. The summed E-state index contributed by atoms with van der Waals surface area (Å²) in [6.07, 6.45) is 6.69. The van der Waals surface area contributed by atoms with Crippen molar-refractivity contribution < 1.29 is 0 Å². The molecule has 0 spiro atoms. The molecule has 0 aliphatic heterocycles. The molecule has 0 heteroatoms. The molecule has 1 aliphatic carbocycles. The van der Waals surface area contributed by atoms with Gasteiger partial charge in [0, 0.05) is 0 Å². The largest absolute Gasteiger partial charge is 0.0958 e. The average molecular weight is 174 g/mol. The molecule has 0 bridgehead atoms. The van der Waals surface area contributed by atoms with Crippen molar-refractivity contribution in [2.45, 2.75) is 27.7 Å². The van der Waals surface area contributed by atoms with E-state index in [4.69, 9.17) is 0 Å². The highest BCUT2D eigenvalue weighted by Gasteiger charge is 2.10. The van der Waals surface area contributed by atoms with Gasteiger partial charge < -0.3 is 0 Å². The van der Waals surface area contributed by atoms with E-state index in [9.17, 15) is 0 Å². The fraction of sp³-hybridized carbons (Fsp3) is 0.385. The lowest BCUT2D eigenvalue weighted by molar-refractivity contribution is 0.862. The zero-order chi connectivity index (χ0) is 10.0. The normalized spacial score (nSPS) is 25.5. The molecular weight excluding hydrogens is 156 g/mol. The lowest BCUT2D eigenvalue weighted by Crippen LogP contribution is -2.01. The molecule has 1 atom stereocenters. The average Bonchev–Trinajstić information content (AvgIpc) is 2.08. The van der Waals surface area contributed by atoms with Crippen molar-refractivity contribution >= 4 is 0 Å². The monoisotopic (exact) mass is 174 g/mol. The molecule has 0 saturated heterocycles. The van der Waals surface area contributed by atoms with Gasteiger partial charge in [0.05, 0.1) is 0 Å². The minimum Gasteiger partial charge on any atom is -0.0958 e. The van der Waals surface area contributed by atoms with E-state index in [2.05, 4.69) is 52.5 Å². The van der Waals surface area contributed by atoms with Gasteiger partial charge >= 0.3 is 0 Å². The Kier molecular flexibility index (Phi) is 2.92. The second-order valence-corrected chi connectivity index (χ2v) is 3.90. The maximum atomic E-state index is 3.98. The predicted octanol–water partition coefficient (Wildman–Crippen LogP) is 4.03. The first-order chi connectivity index (χ1) is 6.02. The maximum absolute atomic E-state index is 3.98. The molecule has 0 heterocycles. The summed E-state index contributed by atoms with van der Waals surface area (Å²) in [5.74, 6) is 0.528. The first kappa shape index (κ1) is 10.0. The van der Waals surface area contributed by atoms with Crippen LogP contribution in [0.5, 0.6) is 0 Å². The highest BCUT2D eigenvalue weighted by atomic mass is 14.2. The van der Waals surface area contributed by atoms with Gasteiger partial charge in [-0.05, 0) is 37.8 Å². The Balaban J connectivity index is 3.11. The molecule has 0 nitrogen and oxygen atoms in total. The summed E-state index contributed by atoms with van der Waals surface area (Å²) in [5.41, 5.74) is 5.23. The van der Waals surface area contributed by atoms with Crippen molar-refractivity contribution in [1.29, 1.82) is 0 Å². The van der Waals surface area contributed by atoms with Crippen molar-refractivity contribution in [3.8, 4) is 0 Å². The first-order valence-electron chi connectivity index (χ1n) is 4.75. The lowest BCUT2D eigenvalue weighted by Gasteiger charge is -2.17. The van der Waals surface area contributed by atoms with Gasteiger partial charge in [0.25, 0.3) is 0 Å². The summed E-state index contributed by atoms with van der Waals surface area (Å²) in [6, 6.07) is 0. The van der Waals surface area contributed by atoms with Gasteiger partial charge in [0.1, 0.15) is 0 Å². The summed E-state index contributed by atoms with van der Waals surface area (Å²) < 4.78 is 0. The van der Waals surface area contributed by atoms with Crippen LogP contribution in [0.2, 0.25) is 0 Å². The molecule has 1 rings (SSSR count). The Morgan fingerprint density at radius 2 is 2.00 bits per heavy atom. The first-order valence-corrected chi connectivity index (χ1v) is 4.75. The molecule has 70 valence electrons. The number of hydrogen-bond acceptors (Lipinski definition) is 0. The van der Waals surface area contributed by atoms with E-state index in [-0.39, 0.29) is 0 Å². The van der Waals surface area contributed by atoms with E-state index in [1.807, 2.05) is 0 Å². The van der Waals surface area contributed by atoms with Gasteiger partial charge in [-0.15, -0.1) is 0 Å². The molecule has 0 saturated carbocycles. The smallest absolute Gasteiger partial charge is 0.000441 e. The molecule has 0 N–H and O–H groups in total. The zero-order valence-corrected chi connectivity index (χ0v) is 9.02. The quantitative estimate of drug-likeness (QED) is 0.563. The number of allylic oxidation sites excluding steroid dienone is 7. The number of hydrogen-bond donors (Lipinski definition) is 0. The summed E-state index contributed by atoms with van der Waals surface area (Å²) in [5, 5.41) is 0. The fourth-order valence-corrected chi connectivity index (χ4v) is 1.52. The van der Waals surface area contributed by atoms with E-state index in [1.54, 1.807) is 0 Å². The van der Waals surface area contributed by atoms with Crippen molar-refractivity contribution in [1.82, 2.24) is 0 Å². The second-order valence-electron chi connectivity index (χ2n) is 3.90. The summed E-state index contributed by atoms with van der Waals surface area (Å²) in [4.78, 5) is 0. The molecule has 0 aromatic carbocycles. The van der Waals surface area contributed by atoms with Gasteiger partial charge in [0.15, 0.2) is 0 Å². The van der Waals surface area contributed by atoms with E-state index in [1.165, 1.54) is 22.3 Å². The van der Waals surface area contributed by atoms with Crippen LogP contribution >= 0.6 is 0 Å². The SMILES string of the molecule is C=C(C)/C(C)=C1\C=C(C)C=CC1C. The van der Waals surface area contributed by atoms with Crippen LogP contribution < -0.4 is 0 Å². The van der Waals surface area contributed by atoms with Gasteiger partial charge in [-0.2, -0.15) is 0 Å². The molecule has 0 fully saturated rings. The fourth-order valence-electron chi connectivity index (χ4n) is 1.52. The minimum absolute atomic E-state index is 0.528. The highest BCUT2D eigenvalue weighted by Crippen LogP contribution is 2.27. The Labute approximate surface area is 81.4 Å². The van der Waals surface area contributed by atoms with Crippen LogP contribution in [0.3, 0.4) is 0 Å². The Morgan fingerprint density at radius 3 is 2.54 bits per heavy atom. The van der Waals surface area contributed by atoms with Crippen LogP contribution in [0.15, 0.2) is 47.1 Å². The molecule has 0 amide bonds. The number of rotatable bonds is 1. The third-order valence-corrected chi connectivity index (χ3v) is 2.59. The Morgan fingerprint density at radius 1 is 1.38 bits per heavy atom. The molecule has 0 aromatic rings. The summed E-state index contributed by atoms with van der Waals surface area (Å²) in [7, 11) is 0. The van der Waals surface area contributed by atoms with E-state index >= 15 is 0 Å². The summed E-state index contributed by atoms with van der Waals surface area (Å²) in [6.45, 7) is 12.6. The minimum atomic E-state index is 0.528. The van der Waals surface area contributed by atoms with Crippen LogP contribution in [-0.4, -0.2) is 0 Å². The third-order valence-electron chi connectivity index (χ3n) is 2.59.